The largest absolute Gasteiger partial charge is 0.322 e. The summed E-state index contributed by atoms with van der Waals surface area (Å²) >= 11 is 0. The molecule has 3 aromatic carbocycles. The van der Waals surface area contributed by atoms with E-state index in [-0.39, 0.29) is 17.3 Å². The molecule has 0 radical (unpaired) electrons. The van der Waals surface area contributed by atoms with Crippen molar-refractivity contribution in [3.63, 3.8) is 0 Å². The third-order valence-electron chi connectivity index (χ3n) is 5.80. The zero-order valence-corrected chi connectivity index (χ0v) is 20.9. The second kappa shape index (κ2) is 10.2. The van der Waals surface area contributed by atoms with Gasteiger partial charge in [-0.15, -0.1) is 0 Å². The van der Waals surface area contributed by atoms with Crippen molar-refractivity contribution in [2.24, 2.45) is 0 Å². The van der Waals surface area contributed by atoms with E-state index in [9.17, 15) is 21.6 Å². The molecule has 1 amide bonds. The molecule has 184 valence electrons. The van der Waals surface area contributed by atoms with Gasteiger partial charge in [-0.25, -0.2) is 16.8 Å². The lowest BCUT2D eigenvalue weighted by Crippen LogP contribution is -2.29. The van der Waals surface area contributed by atoms with E-state index in [2.05, 4.69) is 5.32 Å². The maximum Gasteiger partial charge on any atom is 0.255 e. The quantitative estimate of drug-likeness (QED) is 0.495. The molecular weight excluding hydrogens is 486 g/mol. The van der Waals surface area contributed by atoms with Crippen molar-refractivity contribution in [2.45, 2.75) is 24.3 Å². The van der Waals surface area contributed by atoms with E-state index < -0.39 is 20.0 Å². The van der Waals surface area contributed by atoms with E-state index in [4.69, 9.17) is 0 Å². The summed E-state index contributed by atoms with van der Waals surface area (Å²) in [7, 11) is -7.00. The number of sulfonamides is 2. The molecule has 0 spiro atoms. The Bertz CT molecular complexity index is 1380. The van der Waals surface area contributed by atoms with Crippen LogP contribution in [0.1, 0.15) is 28.8 Å². The number of para-hydroxylation sites is 1. The molecule has 35 heavy (non-hydrogen) atoms. The Kier molecular flexibility index (Phi) is 7.25. The summed E-state index contributed by atoms with van der Waals surface area (Å²) in [6.07, 6.45) is 2.89. The molecular formula is C25H27N3O5S2. The van der Waals surface area contributed by atoms with Crippen molar-refractivity contribution in [3.8, 4) is 0 Å². The van der Waals surface area contributed by atoms with Gasteiger partial charge in [0.2, 0.25) is 20.0 Å². The Morgan fingerprint density at radius 1 is 0.857 bits per heavy atom. The third kappa shape index (κ3) is 5.90. The number of anilines is 2. The van der Waals surface area contributed by atoms with E-state index in [1.165, 1.54) is 20.7 Å². The van der Waals surface area contributed by atoms with Gasteiger partial charge < -0.3 is 5.32 Å². The summed E-state index contributed by atoms with van der Waals surface area (Å²) in [4.78, 5) is 12.9. The monoisotopic (exact) mass is 513 g/mol. The number of hydrogen-bond acceptors (Lipinski definition) is 5. The third-order valence-corrected chi connectivity index (χ3v) is 8.86. The Labute approximate surface area is 206 Å². The van der Waals surface area contributed by atoms with Crippen LogP contribution in [-0.2, 0) is 26.6 Å². The van der Waals surface area contributed by atoms with Gasteiger partial charge in [0.1, 0.15) is 0 Å². The average molecular weight is 514 g/mol. The molecule has 1 aliphatic heterocycles. The fourth-order valence-corrected chi connectivity index (χ4v) is 6.32. The number of hydrogen-bond donors (Lipinski definition) is 1. The van der Waals surface area contributed by atoms with Crippen LogP contribution in [0.25, 0.3) is 0 Å². The highest BCUT2D eigenvalue weighted by atomic mass is 32.2. The van der Waals surface area contributed by atoms with Gasteiger partial charge in [0.25, 0.3) is 5.91 Å². The lowest BCUT2D eigenvalue weighted by molar-refractivity contribution is 0.102. The standard InChI is InChI=1S/C25H27N3O5S2/c1-34(30,31)28(23-7-3-2-4-8-23)19-20-9-11-21(12-10-20)25(29)26-22-13-15-24(16-14-22)35(32,33)27-17-5-6-18-27/h2-4,7-16H,5-6,17-19H2,1H3,(H,26,29). The minimum absolute atomic E-state index is 0.137. The van der Waals surface area contributed by atoms with Crippen LogP contribution in [-0.4, -0.2) is 46.4 Å². The first-order chi connectivity index (χ1) is 16.6. The smallest absolute Gasteiger partial charge is 0.255 e. The minimum atomic E-state index is -3.51. The van der Waals surface area contributed by atoms with Gasteiger partial charge in [0.15, 0.2) is 0 Å². The van der Waals surface area contributed by atoms with Gasteiger partial charge in [0.05, 0.1) is 23.4 Å². The number of carbonyl (C=O) groups excluding carboxylic acids is 1. The van der Waals surface area contributed by atoms with Gasteiger partial charge in [-0.1, -0.05) is 30.3 Å². The average Bonchev–Trinajstić information content (AvgIpc) is 3.39. The second-order valence-corrected chi connectivity index (χ2v) is 12.2. The highest BCUT2D eigenvalue weighted by Crippen LogP contribution is 2.23. The van der Waals surface area contributed by atoms with Gasteiger partial charge >= 0.3 is 0 Å². The zero-order valence-electron chi connectivity index (χ0n) is 19.3. The maximum absolute atomic E-state index is 12.7. The fraction of sp³-hybridized carbons (Fsp3) is 0.240. The van der Waals surface area contributed by atoms with Crippen LogP contribution in [0, 0.1) is 0 Å². The van der Waals surface area contributed by atoms with Crippen molar-refractivity contribution >= 4 is 37.3 Å². The second-order valence-electron chi connectivity index (χ2n) is 8.39. The van der Waals surface area contributed by atoms with E-state index in [1.807, 2.05) is 6.07 Å². The van der Waals surface area contributed by atoms with Gasteiger partial charge in [-0.05, 0) is 66.9 Å². The normalized spacial score (nSPS) is 14.5. The lowest BCUT2D eigenvalue weighted by Gasteiger charge is -2.22. The Morgan fingerprint density at radius 3 is 2.03 bits per heavy atom. The fourth-order valence-electron chi connectivity index (χ4n) is 3.91. The van der Waals surface area contributed by atoms with Crippen molar-refractivity contribution in [3.05, 3.63) is 90.0 Å². The maximum atomic E-state index is 12.7. The molecule has 0 atom stereocenters. The molecule has 1 fully saturated rings. The molecule has 1 saturated heterocycles. The molecule has 0 saturated carbocycles. The summed E-state index contributed by atoms with van der Waals surface area (Å²) in [6.45, 7) is 1.20. The van der Waals surface area contributed by atoms with Gasteiger partial charge in [-0.2, -0.15) is 4.31 Å². The predicted octanol–water partition coefficient (Wildman–Crippen LogP) is 3.69. The highest BCUT2D eigenvalue weighted by Gasteiger charge is 2.27. The van der Waals surface area contributed by atoms with Crippen LogP contribution in [0.3, 0.4) is 0 Å². The van der Waals surface area contributed by atoms with Crippen LogP contribution in [0.2, 0.25) is 0 Å². The lowest BCUT2D eigenvalue weighted by atomic mass is 10.1. The van der Waals surface area contributed by atoms with Crippen LogP contribution < -0.4 is 9.62 Å². The number of benzene rings is 3. The Balaban J connectivity index is 1.43. The molecule has 1 aliphatic rings. The summed E-state index contributed by atoms with van der Waals surface area (Å²) in [5, 5.41) is 2.76. The number of nitrogens with zero attached hydrogens (tertiary/aromatic N) is 2. The first-order valence-electron chi connectivity index (χ1n) is 11.2. The SMILES string of the molecule is CS(=O)(=O)N(Cc1ccc(C(=O)Nc2ccc(S(=O)(=O)N3CCCC3)cc2)cc1)c1ccccc1. The first kappa shape index (κ1) is 24.9. The molecule has 8 nitrogen and oxygen atoms in total. The summed E-state index contributed by atoms with van der Waals surface area (Å²) in [6, 6.07) is 21.6. The van der Waals surface area contributed by atoms with E-state index in [1.54, 1.807) is 60.7 Å². The van der Waals surface area contributed by atoms with Crippen molar-refractivity contribution < 1.29 is 21.6 Å². The molecule has 3 aromatic rings. The molecule has 0 aromatic heterocycles. The molecule has 4 rings (SSSR count). The number of amides is 1. The molecule has 0 bridgehead atoms. The Hall–Kier alpha value is -3.21. The van der Waals surface area contributed by atoms with E-state index >= 15 is 0 Å². The van der Waals surface area contributed by atoms with Crippen molar-refractivity contribution in [2.75, 3.05) is 29.0 Å². The Morgan fingerprint density at radius 2 is 1.46 bits per heavy atom. The van der Waals surface area contributed by atoms with E-state index in [0.717, 1.165) is 24.7 Å². The molecule has 10 heteroatoms. The summed E-state index contributed by atoms with van der Waals surface area (Å²) < 4.78 is 52.7. The van der Waals surface area contributed by atoms with Crippen LogP contribution >= 0.6 is 0 Å². The topological polar surface area (TPSA) is 104 Å². The number of carbonyl (C=O) groups is 1. The van der Waals surface area contributed by atoms with Crippen molar-refractivity contribution in [1.82, 2.24) is 4.31 Å². The summed E-state index contributed by atoms with van der Waals surface area (Å²) in [5.74, 6) is -0.352. The molecule has 1 N–H and O–H groups in total. The van der Waals surface area contributed by atoms with Crippen LogP contribution in [0.15, 0.2) is 83.8 Å². The van der Waals surface area contributed by atoms with E-state index in [0.29, 0.717) is 30.0 Å². The predicted molar refractivity (Wildman–Crippen MR) is 136 cm³/mol. The van der Waals surface area contributed by atoms with Gasteiger partial charge in [-0.3, -0.25) is 9.10 Å². The first-order valence-corrected chi connectivity index (χ1v) is 14.5. The summed E-state index contributed by atoms with van der Waals surface area (Å²) in [5.41, 5.74) is 2.17. The number of nitrogens with one attached hydrogen (secondary N) is 1. The zero-order chi connectivity index (χ0) is 25.1. The molecule has 0 unspecified atom stereocenters. The number of rotatable bonds is 8. The minimum Gasteiger partial charge on any atom is -0.322 e. The molecule has 0 aliphatic carbocycles. The van der Waals surface area contributed by atoms with Gasteiger partial charge in [0, 0.05) is 24.3 Å². The van der Waals surface area contributed by atoms with Crippen LogP contribution in [0.5, 0.6) is 0 Å². The van der Waals surface area contributed by atoms with Crippen LogP contribution in [0.4, 0.5) is 11.4 Å². The van der Waals surface area contributed by atoms with Crippen molar-refractivity contribution in [1.29, 1.82) is 0 Å². The molecule has 1 heterocycles. The highest BCUT2D eigenvalue weighted by molar-refractivity contribution is 7.92.